The van der Waals surface area contributed by atoms with Crippen molar-refractivity contribution in [2.75, 3.05) is 38.2 Å². The molecule has 4 nitrogen and oxygen atoms in total. The minimum absolute atomic E-state index is 0.908. The summed E-state index contributed by atoms with van der Waals surface area (Å²) in [5.41, 5.74) is 5.04. The molecular weight excluding hydrogens is 366 g/mol. The second-order valence-corrected chi connectivity index (χ2v) is 8.01. The van der Waals surface area contributed by atoms with Crippen LogP contribution in [0.5, 0.6) is 5.75 Å². The van der Waals surface area contributed by atoms with Crippen molar-refractivity contribution in [3.63, 3.8) is 0 Å². The molecule has 1 aliphatic heterocycles. The van der Waals surface area contributed by atoms with Gasteiger partial charge in [0.05, 0.1) is 12.8 Å². The molecule has 0 amide bonds. The summed E-state index contributed by atoms with van der Waals surface area (Å²) in [4.78, 5) is 9.82. The van der Waals surface area contributed by atoms with E-state index in [2.05, 4.69) is 58.5 Å². The van der Waals surface area contributed by atoms with Crippen LogP contribution in [0.1, 0.15) is 18.2 Å². The standard InChI is InChI=1S/C23H27N3OS/c1-3-18-4-6-19(7-5-18)23-24-20(17-28-23)16-25-12-14-26(15-13-25)21-8-10-22(27-2)11-9-21/h4-11,17H,3,12-16H2,1-2H3. The van der Waals surface area contributed by atoms with Gasteiger partial charge in [0, 0.05) is 49.4 Å². The molecule has 1 fully saturated rings. The summed E-state index contributed by atoms with van der Waals surface area (Å²) >= 11 is 1.75. The smallest absolute Gasteiger partial charge is 0.123 e. The highest BCUT2D eigenvalue weighted by molar-refractivity contribution is 7.13. The summed E-state index contributed by atoms with van der Waals surface area (Å²) in [6.07, 6.45) is 1.08. The molecule has 1 aliphatic rings. The largest absolute Gasteiger partial charge is 0.497 e. The van der Waals surface area contributed by atoms with Crippen molar-refractivity contribution >= 4 is 17.0 Å². The number of hydrogen-bond acceptors (Lipinski definition) is 5. The third-order valence-corrected chi connectivity index (χ3v) is 6.30. The number of ether oxygens (including phenoxy) is 1. The maximum absolute atomic E-state index is 5.25. The number of anilines is 1. The van der Waals surface area contributed by atoms with Crippen LogP contribution >= 0.6 is 11.3 Å². The lowest BCUT2D eigenvalue weighted by atomic mass is 10.1. The summed E-state index contributed by atoms with van der Waals surface area (Å²) in [6, 6.07) is 17.1. The van der Waals surface area contributed by atoms with Crippen molar-refractivity contribution in [2.24, 2.45) is 0 Å². The van der Waals surface area contributed by atoms with Crippen LogP contribution in [0, 0.1) is 0 Å². The fourth-order valence-electron chi connectivity index (χ4n) is 3.58. The first-order chi connectivity index (χ1) is 13.7. The maximum Gasteiger partial charge on any atom is 0.123 e. The number of methoxy groups -OCH3 is 1. The topological polar surface area (TPSA) is 28.6 Å². The summed E-state index contributed by atoms with van der Waals surface area (Å²) < 4.78 is 5.25. The number of nitrogens with zero attached hydrogens (tertiary/aromatic N) is 3. The van der Waals surface area contributed by atoms with Gasteiger partial charge < -0.3 is 9.64 Å². The van der Waals surface area contributed by atoms with E-state index in [-0.39, 0.29) is 0 Å². The zero-order valence-corrected chi connectivity index (χ0v) is 17.4. The van der Waals surface area contributed by atoms with Gasteiger partial charge >= 0.3 is 0 Å². The fourth-order valence-corrected chi connectivity index (χ4v) is 4.40. The van der Waals surface area contributed by atoms with Gasteiger partial charge in [-0.1, -0.05) is 31.2 Å². The second kappa shape index (κ2) is 8.76. The minimum atomic E-state index is 0.908. The molecule has 0 saturated carbocycles. The minimum Gasteiger partial charge on any atom is -0.497 e. The first-order valence-electron chi connectivity index (χ1n) is 9.90. The second-order valence-electron chi connectivity index (χ2n) is 7.16. The highest BCUT2D eigenvalue weighted by Crippen LogP contribution is 2.25. The van der Waals surface area contributed by atoms with E-state index in [0.29, 0.717) is 0 Å². The average molecular weight is 394 g/mol. The Bertz CT molecular complexity index is 881. The monoisotopic (exact) mass is 393 g/mol. The number of benzene rings is 2. The van der Waals surface area contributed by atoms with E-state index in [4.69, 9.17) is 9.72 Å². The highest BCUT2D eigenvalue weighted by atomic mass is 32.1. The van der Waals surface area contributed by atoms with Gasteiger partial charge in [-0.25, -0.2) is 4.98 Å². The Kier molecular flexibility index (Phi) is 5.93. The Morgan fingerprint density at radius 3 is 2.32 bits per heavy atom. The number of rotatable bonds is 6. The average Bonchev–Trinajstić information content (AvgIpc) is 3.23. The molecule has 0 unspecified atom stereocenters. The molecule has 3 aromatic rings. The molecule has 0 atom stereocenters. The molecule has 0 spiro atoms. The van der Waals surface area contributed by atoms with E-state index < -0.39 is 0 Å². The molecule has 0 radical (unpaired) electrons. The summed E-state index contributed by atoms with van der Waals surface area (Å²) in [7, 11) is 1.71. The first-order valence-corrected chi connectivity index (χ1v) is 10.8. The van der Waals surface area contributed by atoms with E-state index in [0.717, 1.165) is 49.9 Å². The lowest BCUT2D eigenvalue weighted by molar-refractivity contribution is 0.247. The molecule has 0 aliphatic carbocycles. The first kappa shape index (κ1) is 19.0. The Labute approximate surface area is 171 Å². The van der Waals surface area contributed by atoms with Crippen molar-refractivity contribution in [3.05, 3.63) is 65.2 Å². The molecule has 28 heavy (non-hydrogen) atoms. The summed E-state index contributed by atoms with van der Waals surface area (Å²) in [5.74, 6) is 0.908. The third kappa shape index (κ3) is 4.37. The van der Waals surface area contributed by atoms with Crippen molar-refractivity contribution in [1.29, 1.82) is 0 Å². The molecule has 146 valence electrons. The fraction of sp³-hybridized carbons (Fsp3) is 0.348. The quantitative estimate of drug-likeness (QED) is 0.607. The number of piperazine rings is 1. The van der Waals surface area contributed by atoms with Crippen LogP contribution in [-0.2, 0) is 13.0 Å². The normalized spacial score (nSPS) is 15.0. The van der Waals surface area contributed by atoms with Gasteiger partial charge in [0.15, 0.2) is 0 Å². The van der Waals surface area contributed by atoms with Crippen LogP contribution in [0.25, 0.3) is 10.6 Å². The Morgan fingerprint density at radius 1 is 0.964 bits per heavy atom. The molecule has 4 rings (SSSR count). The summed E-state index contributed by atoms with van der Waals surface area (Å²) in [6.45, 7) is 7.32. The molecule has 0 bridgehead atoms. The van der Waals surface area contributed by atoms with Crippen LogP contribution < -0.4 is 9.64 Å². The van der Waals surface area contributed by atoms with E-state index in [1.165, 1.54) is 22.5 Å². The molecule has 2 heterocycles. The Hall–Kier alpha value is -2.37. The summed E-state index contributed by atoms with van der Waals surface area (Å²) in [5, 5.41) is 3.33. The van der Waals surface area contributed by atoms with Crippen molar-refractivity contribution in [3.8, 4) is 16.3 Å². The van der Waals surface area contributed by atoms with Gasteiger partial charge in [0.2, 0.25) is 0 Å². The van der Waals surface area contributed by atoms with Gasteiger partial charge in [0.1, 0.15) is 10.8 Å². The van der Waals surface area contributed by atoms with Crippen LogP contribution in [0.3, 0.4) is 0 Å². The van der Waals surface area contributed by atoms with E-state index in [1.807, 2.05) is 12.1 Å². The van der Waals surface area contributed by atoms with Crippen molar-refractivity contribution in [1.82, 2.24) is 9.88 Å². The maximum atomic E-state index is 5.25. The predicted molar refractivity (Wildman–Crippen MR) is 117 cm³/mol. The van der Waals surface area contributed by atoms with Crippen LogP contribution in [-0.4, -0.2) is 43.2 Å². The molecule has 1 saturated heterocycles. The van der Waals surface area contributed by atoms with Crippen LogP contribution in [0.15, 0.2) is 53.9 Å². The molecule has 1 aromatic heterocycles. The van der Waals surface area contributed by atoms with Gasteiger partial charge in [-0.05, 0) is 36.2 Å². The third-order valence-electron chi connectivity index (χ3n) is 5.36. The van der Waals surface area contributed by atoms with Crippen molar-refractivity contribution in [2.45, 2.75) is 19.9 Å². The van der Waals surface area contributed by atoms with E-state index in [1.54, 1.807) is 18.4 Å². The van der Waals surface area contributed by atoms with E-state index >= 15 is 0 Å². The molecule has 2 aromatic carbocycles. The lowest BCUT2D eigenvalue weighted by Gasteiger charge is -2.35. The molecule has 5 heteroatoms. The predicted octanol–water partition coefficient (Wildman–Crippen LogP) is 4.70. The van der Waals surface area contributed by atoms with Gasteiger partial charge in [-0.3, -0.25) is 4.90 Å². The van der Waals surface area contributed by atoms with E-state index in [9.17, 15) is 0 Å². The zero-order chi connectivity index (χ0) is 19.3. The Morgan fingerprint density at radius 2 is 1.68 bits per heavy atom. The molecule has 0 N–H and O–H groups in total. The van der Waals surface area contributed by atoms with Crippen LogP contribution in [0.2, 0.25) is 0 Å². The SMILES string of the molecule is CCc1ccc(-c2nc(CN3CCN(c4ccc(OC)cc4)CC3)cs2)cc1. The van der Waals surface area contributed by atoms with Crippen LogP contribution in [0.4, 0.5) is 5.69 Å². The molecular formula is C23H27N3OS. The van der Waals surface area contributed by atoms with Crippen molar-refractivity contribution < 1.29 is 4.74 Å². The number of thiazole rings is 1. The Balaban J connectivity index is 1.32. The number of aromatic nitrogens is 1. The van der Waals surface area contributed by atoms with Gasteiger partial charge in [0.25, 0.3) is 0 Å². The zero-order valence-electron chi connectivity index (χ0n) is 16.6. The number of aryl methyl sites for hydroxylation is 1. The van der Waals surface area contributed by atoms with Gasteiger partial charge in [-0.2, -0.15) is 0 Å². The highest BCUT2D eigenvalue weighted by Gasteiger charge is 2.18. The lowest BCUT2D eigenvalue weighted by Crippen LogP contribution is -2.46. The number of hydrogen-bond donors (Lipinski definition) is 0. The van der Waals surface area contributed by atoms with Gasteiger partial charge in [-0.15, -0.1) is 11.3 Å².